The molecule has 1 N–H and O–H groups in total. The molecule has 0 unspecified atom stereocenters. The van der Waals surface area contributed by atoms with Crippen LogP contribution >= 0.6 is 11.8 Å². The maximum absolute atomic E-state index is 12.9. The van der Waals surface area contributed by atoms with Crippen LogP contribution in [0.1, 0.15) is 18.1 Å². The van der Waals surface area contributed by atoms with Gasteiger partial charge in [-0.05, 0) is 25.5 Å². The van der Waals surface area contributed by atoms with Crippen LogP contribution in [0.25, 0.3) is 11.5 Å². The van der Waals surface area contributed by atoms with Crippen molar-refractivity contribution in [2.45, 2.75) is 30.9 Å². The summed E-state index contributed by atoms with van der Waals surface area (Å²) >= 11 is 1.33. The van der Waals surface area contributed by atoms with Gasteiger partial charge in [-0.1, -0.05) is 60.3 Å². The van der Waals surface area contributed by atoms with Crippen LogP contribution in [0, 0.1) is 6.92 Å². The molecule has 1 fully saturated rings. The lowest BCUT2D eigenvalue weighted by Gasteiger charge is -2.33. The van der Waals surface area contributed by atoms with Gasteiger partial charge >= 0.3 is 0 Å². The van der Waals surface area contributed by atoms with Crippen LogP contribution in [0.3, 0.4) is 0 Å². The molecule has 30 heavy (non-hydrogen) atoms. The molecule has 2 aromatic carbocycles. The Kier molecular flexibility index (Phi) is 6.50. The zero-order valence-corrected chi connectivity index (χ0v) is 18.2. The van der Waals surface area contributed by atoms with Gasteiger partial charge in [-0.3, -0.25) is 4.79 Å². The minimum Gasteiger partial charge on any atom is -0.411 e. The Morgan fingerprint density at radius 1 is 1.10 bits per heavy atom. The fourth-order valence-electron chi connectivity index (χ4n) is 3.74. The van der Waals surface area contributed by atoms with Gasteiger partial charge in [0, 0.05) is 11.1 Å². The Morgan fingerprint density at radius 3 is 2.53 bits per heavy atom. The minimum absolute atomic E-state index is 0.134. The van der Waals surface area contributed by atoms with Crippen LogP contribution in [-0.4, -0.2) is 52.4 Å². The standard InChI is InChI=1S/C23H26N4O2S/c1-17-8-6-7-11-20(17)21-24-25-23(29-21)30-18(2)22(28)27-14-12-26(13-15-27)16-19-9-4-3-5-10-19/h3-11,18H,12-16H2,1-2H3/p+1/t18-/m1/s1. The number of hydrogen-bond acceptors (Lipinski definition) is 5. The second-order valence-electron chi connectivity index (χ2n) is 7.69. The summed E-state index contributed by atoms with van der Waals surface area (Å²) < 4.78 is 5.81. The number of aromatic nitrogens is 2. The van der Waals surface area contributed by atoms with E-state index in [2.05, 4.69) is 34.5 Å². The first kappa shape index (κ1) is 20.6. The Labute approximate surface area is 181 Å². The van der Waals surface area contributed by atoms with E-state index in [-0.39, 0.29) is 11.2 Å². The SMILES string of the molecule is Cc1ccccc1-c1nnc(S[C@H](C)C(=O)N2CC[NH+](Cc3ccccc3)CC2)o1. The number of nitrogens with one attached hydrogen (secondary N) is 1. The third kappa shape index (κ3) is 4.91. The predicted molar refractivity (Wildman–Crippen MR) is 117 cm³/mol. The molecule has 1 atom stereocenters. The van der Waals surface area contributed by atoms with Gasteiger partial charge in [0.05, 0.1) is 31.4 Å². The molecular weight excluding hydrogens is 396 g/mol. The van der Waals surface area contributed by atoms with Crippen molar-refractivity contribution < 1.29 is 14.1 Å². The molecule has 1 amide bonds. The third-order valence-corrected chi connectivity index (χ3v) is 6.41. The lowest BCUT2D eigenvalue weighted by Crippen LogP contribution is -3.13. The van der Waals surface area contributed by atoms with Crippen molar-refractivity contribution in [2.75, 3.05) is 26.2 Å². The molecule has 4 rings (SSSR count). The molecule has 2 heterocycles. The lowest BCUT2D eigenvalue weighted by molar-refractivity contribution is -0.917. The van der Waals surface area contributed by atoms with Crippen molar-refractivity contribution >= 4 is 17.7 Å². The highest BCUT2D eigenvalue weighted by Crippen LogP contribution is 2.28. The molecule has 1 aliphatic heterocycles. The Balaban J connectivity index is 1.30. The first-order chi connectivity index (χ1) is 14.6. The molecule has 156 valence electrons. The van der Waals surface area contributed by atoms with Gasteiger partial charge in [0.1, 0.15) is 6.54 Å². The van der Waals surface area contributed by atoms with Crippen LogP contribution in [0.4, 0.5) is 0 Å². The zero-order valence-electron chi connectivity index (χ0n) is 17.4. The second-order valence-corrected chi connectivity index (χ2v) is 8.98. The summed E-state index contributed by atoms with van der Waals surface area (Å²) in [4.78, 5) is 16.4. The quantitative estimate of drug-likeness (QED) is 0.617. The highest BCUT2D eigenvalue weighted by Gasteiger charge is 2.28. The molecule has 0 aliphatic carbocycles. The molecule has 6 nitrogen and oxygen atoms in total. The van der Waals surface area contributed by atoms with Crippen molar-refractivity contribution in [1.82, 2.24) is 15.1 Å². The molecule has 0 spiro atoms. The monoisotopic (exact) mass is 423 g/mol. The predicted octanol–water partition coefficient (Wildman–Crippen LogP) is 2.45. The minimum atomic E-state index is -0.258. The number of carbonyl (C=O) groups is 1. The van der Waals surface area contributed by atoms with E-state index in [1.165, 1.54) is 22.2 Å². The smallest absolute Gasteiger partial charge is 0.277 e. The number of carbonyl (C=O) groups excluding carboxylic acids is 1. The van der Waals surface area contributed by atoms with Gasteiger partial charge in [0.25, 0.3) is 5.22 Å². The summed E-state index contributed by atoms with van der Waals surface area (Å²) in [5.74, 6) is 0.628. The highest BCUT2D eigenvalue weighted by molar-refractivity contribution is 8.00. The molecule has 0 bridgehead atoms. The summed E-state index contributed by atoms with van der Waals surface area (Å²) in [6, 6.07) is 18.4. The maximum Gasteiger partial charge on any atom is 0.277 e. The maximum atomic E-state index is 12.9. The average Bonchev–Trinajstić information content (AvgIpc) is 3.23. The number of benzene rings is 2. The largest absolute Gasteiger partial charge is 0.411 e. The van der Waals surface area contributed by atoms with Crippen molar-refractivity contribution in [3.05, 3.63) is 65.7 Å². The number of amides is 1. The van der Waals surface area contributed by atoms with E-state index in [0.29, 0.717) is 11.1 Å². The van der Waals surface area contributed by atoms with Crippen LogP contribution in [0.5, 0.6) is 0 Å². The number of thioether (sulfide) groups is 1. The Hall–Kier alpha value is -2.64. The molecule has 0 saturated carbocycles. The summed E-state index contributed by atoms with van der Waals surface area (Å²) in [5, 5.41) is 8.46. The number of hydrogen-bond donors (Lipinski definition) is 1. The topological polar surface area (TPSA) is 63.7 Å². The second kappa shape index (κ2) is 9.45. The van der Waals surface area contributed by atoms with Crippen molar-refractivity contribution in [2.24, 2.45) is 0 Å². The van der Waals surface area contributed by atoms with Gasteiger partial charge in [-0.15, -0.1) is 10.2 Å². The van der Waals surface area contributed by atoms with Crippen molar-refractivity contribution in [1.29, 1.82) is 0 Å². The summed E-state index contributed by atoms with van der Waals surface area (Å²) in [6.07, 6.45) is 0. The van der Waals surface area contributed by atoms with E-state index < -0.39 is 0 Å². The number of aryl methyl sites for hydroxylation is 1. The number of quaternary nitrogens is 1. The first-order valence-corrected chi connectivity index (χ1v) is 11.2. The molecule has 1 saturated heterocycles. The van der Waals surface area contributed by atoms with E-state index in [4.69, 9.17) is 4.42 Å². The van der Waals surface area contributed by atoms with Crippen LogP contribution in [-0.2, 0) is 11.3 Å². The lowest BCUT2D eigenvalue weighted by atomic mass is 10.1. The molecule has 3 aromatic rings. The number of rotatable bonds is 6. The normalized spacial score (nSPS) is 15.9. The Bertz CT molecular complexity index is 984. The van der Waals surface area contributed by atoms with Crippen molar-refractivity contribution in [3.63, 3.8) is 0 Å². The fraction of sp³-hybridized carbons (Fsp3) is 0.348. The number of piperazine rings is 1. The van der Waals surface area contributed by atoms with E-state index >= 15 is 0 Å². The average molecular weight is 424 g/mol. The molecule has 0 radical (unpaired) electrons. The first-order valence-electron chi connectivity index (χ1n) is 10.3. The van der Waals surface area contributed by atoms with Gasteiger partial charge in [-0.25, -0.2) is 0 Å². The third-order valence-electron chi connectivity index (χ3n) is 5.49. The summed E-state index contributed by atoms with van der Waals surface area (Å²) in [5.41, 5.74) is 3.35. The van der Waals surface area contributed by atoms with E-state index in [1.807, 2.05) is 49.1 Å². The van der Waals surface area contributed by atoms with Crippen LogP contribution in [0.2, 0.25) is 0 Å². The van der Waals surface area contributed by atoms with E-state index in [1.54, 1.807) is 0 Å². The molecule has 7 heteroatoms. The highest BCUT2D eigenvalue weighted by atomic mass is 32.2. The van der Waals surface area contributed by atoms with Gasteiger partial charge < -0.3 is 14.2 Å². The fourth-order valence-corrected chi connectivity index (χ4v) is 4.51. The van der Waals surface area contributed by atoms with Gasteiger partial charge in [0.2, 0.25) is 11.8 Å². The zero-order chi connectivity index (χ0) is 20.9. The van der Waals surface area contributed by atoms with E-state index in [0.717, 1.165) is 43.9 Å². The number of nitrogens with zero attached hydrogens (tertiary/aromatic N) is 3. The van der Waals surface area contributed by atoms with E-state index in [9.17, 15) is 4.79 Å². The molecule has 1 aromatic heterocycles. The summed E-state index contributed by atoms with van der Waals surface area (Å²) in [6.45, 7) is 8.43. The van der Waals surface area contributed by atoms with Crippen LogP contribution < -0.4 is 4.90 Å². The summed E-state index contributed by atoms with van der Waals surface area (Å²) in [7, 11) is 0. The van der Waals surface area contributed by atoms with Gasteiger partial charge in [-0.2, -0.15) is 0 Å². The van der Waals surface area contributed by atoms with Crippen molar-refractivity contribution in [3.8, 4) is 11.5 Å². The molecule has 1 aliphatic rings. The molecular formula is C23H27N4O2S+. The Morgan fingerprint density at radius 2 is 1.80 bits per heavy atom. The van der Waals surface area contributed by atoms with Crippen LogP contribution in [0.15, 0.2) is 64.2 Å². The van der Waals surface area contributed by atoms with Gasteiger partial charge in [0.15, 0.2) is 0 Å².